The molecule has 3 fully saturated rings. The zero-order valence-corrected chi connectivity index (χ0v) is 20.5. The van der Waals surface area contributed by atoms with Crippen LogP contribution in [0.3, 0.4) is 0 Å². The zero-order chi connectivity index (χ0) is 25.3. The predicted octanol–water partition coefficient (Wildman–Crippen LogP) is 1.28. The standard InChI is InChI=1S/C24H31ClO9/c1-9-7-8-14(28)23(6)15(10(2)17(31-12(4)26)18-21(23)33-18)19(32-13(5)27)24(30)11(3)22(29)34-20(24)16(9)25/h7-8,10-11,14-21,28,30H,1H2,2-6H3/b8-7-. The molecule has 10 heteroatoms. The summed E-state index contributed by atoms with van der Waals surface area (Å²) in [6.45, 7) is 11.4. The van der Waals surface area contributed by atoms with Crippen LogP contribution in [0, 0.1) is 23.2 Å². The highest BCUT2D eigenvalue weighted by molar-refractivity contribution is 6.23. The van der Waals surface area contributed by atoms with Gasteiger partial charge in [0.25, 0.3) is 0 Å². The predicted molar refractivity (Wildman–Crippen MR) is 118 cm³/mol. The summed E-state index contributed by atoms with van der Waals surface area (Å²) in [5, 5.41) is 22.5. The van der Waals surface area contributed by atoms with E-state index in [1.165, 1.54) is 32.9 Å². The van der Waals surface area contributed by atoms with Crippen molar-refractivity contribution in [2.24, 2.45) is 23.2 Å². The third kappa shape index (κ3) is 3.51. The lowest BCUT2D eigenvalue weighted by Gasteiger charge is -2.54. The van der Waals surface area contributed by atoms with Gasteiger partial charge in [-0.05, 0) is 12.5 Å². The number of ether oxygens (including phenoxy) is 4. The van der Waals surface area contributed by atoms with Crippen molar-refractivity contribution in [2.75, 3.05) is 0 Å². The van der Waals surface area contributed by atoms with Crippen molar-refractivity contribution in [3.63, 3.8) is 0 Å². The molecule has 0 aromatic heterocycles. The van der Waals surface area contributed by atoms with Crippen LogP contribution in [0.25, 0.3) is 0 Å². The fourth-order valence-corrected chi connectivity index (χ4v) is 6.60. The molecule has 4 rings (SSSR count). The second kappa shape index (κ2) is 8.33. The Morgan fingerprint density at radius 1 is 1.18 bits per heavy atom. The first kappa shape index (κ1) is 25.2. The van der Waals surface area contributed by atoms with E-state index >= 15 is 0 Å². The summed E-state index contributed by atoms with van der Waals surface area (Å²) >= 11 is 6.62. The van der Waals surface area contributed by atoms with Crippen LogP contribution >= 0.6 is 11.6 Å². The maximum atomic E-state index is 12.7. The molecule has 4 aliphatic rings. The highest BCUT2D eigenvalue weighted by Crippen LogP contribution is 2.61. The van der Waals surface area contributed by atoms with E-state index in [1.807, 2.05) is 0 Å². The molecular formula is C24H31ClO9. The van der Waals surface area contributed by atoms with Crippen molar-refractivity contribution in [3.8, 4) is 0 Å². The zero-order valence-electron chi connectivity index (χ0n) is 19.8. The molecule has 12 unspecified atom stereocenters. The van der Waals surface area contributed by atoms with Gasteiger partial charge < -0.3 is 29.2 Å². The average Bonchev–Trinajstić information content (AvgIpc) is 3.52. The number of aliphatic hydroxyl groups is 2. The Morgan fingerprint density at radius 2 is 1.79 bits per heavy atom. The molecule has 0 aromatic carbocycles. The molecule has 2 aliphatic carbocycles. The second-order valence-electron chi connectivity index (χ2n) is 10.1. The van der Waals surface area contributed by atoms with Crippen LogP contribution in [-0.4, -0.2) is 75.7 Å². The fraction of sp³-hybridized carbons (Fsp3) is 0.708. The molecule has 188 valence electrons. The minimum atomic E-state index is -2.06. The Labute approximate surface area is 203 Å². The van der Waals surface area contributed by atoms with Crippen molar-refractivity contribution >= 4 is 29.5 Å². The quantitative estimate of drug-likeness (QED) is 0.250. The van der Waals surface area contributed by atoms with Gasteiger partial charge in [-0.2, -0.15) is 0 Å². The SMILES string of the molecule is C=C1/C=C\C(O)C2(C)C3OC3C(OC(C)=O)C(C)C2C(OC(C)=O)C2(O)C(C)C(=O)OC2C1Cl. The smallest absolute Gasteiger partial charge is 0.312 e. The largest absolute Gasteiger partial charge is 0.459 e. The fourth-order valence-electron chi connectivity index (χ4n) is 6.27. The number of esters is 3. The summed E-state index contributed by atoms with van der Waals surface area (Å²) in [5.41, 5.74) is -2.85. The molecule has 12 atom stereocenters. The van der Waals surface area contributed by atoms with Crippen LogP contribution < -0.4 is 0 Å². The molecule has 0 spiro atoms. The Morgan fingerprint density at radius 3 is 2.38 bits per heavy atom. The van der Waals surface area contributed by atoms with Gasteiger partial charge in [-0.25, -0.2) is 0 Å². The van der Waals surface area contributed by atoms with Gasteiger partial charge in [-0.15, -0.1) is 11.6 Å². The molecule has 0 amide bonds. The van der Waals surface area contributed by atoms with Gasteiger partial charge in [0.05, 0.1) is 23.5 Å². The number of allylic oxidation sites excluding steroid dienone is 1. The van der Waals surface area contributed by atoms with E-state index in [-0.39, 0.29) is 0 Å². The molecule has 34 heavy (non-hydrogen) atoms. The number of hydrogen-bond acceptors (Lipinski definition) is 9. The minimum absolute atomic E-state index is 0.310. The number of epoxide rings is 1. The van der Waals surface area contributed by atoms with Crippen molar-refractivity contribution in [3.05, 3.63) is 24.3 Å². The van der Waals surface area contributed by atoms with Crippen molar-refractivity contribution < 1.29 is 43.5 Å². The number of rotatable bonds is 2. The van der Waals surface area contributed by atoms with Gasteiger partial charge in [0.2, 0.25) is 0 Å². The summed E-state index contributed by atoms with van der Waals surface area (Å²) in [4.78, 5) is 36.9. The van der Waals surface area contributed by atoms with E-state index < -0.39 is 88.7 Å². The van der Waals surface area contributed by atoms with Crippen LogP contribution in [0.2, 0.25) is 0 Å². The Balaban J connectivity index is 1.96. The maximum Gasteiger partial charge on any atom is 0.312 e. The normalized spacial score (nSPS) is 50.7. The number of alkyl halides is 1. The molecule has 9 nitrogen and oxygen atoms in total. The maximum absolute atomic E-state index is 12.7. The van der Waals surface area contributed by atoms with Crippen molar-refractivity contribution in [1.29, 1.82) is 0 Å². The molecular weight excluding hydrogens is 468 g/mol. The summed E-state index contributed by atoms with van der Waals surface area (Å²) in [7, 11) is 0. The van der Waals surface area contributed by atoms with Crippen LogP contribution in [0.1, 0.15) is 34.6 Å². The van der Waals surface area contributed by atoms with Crippen molar-refractivity contribution in [1.82, 2.24) is 0 Å². The van der Waals surface area contributed by atoms with Gasteiger partial charge >= 0.3 is 17.9 Å². The first-order valence-corrected chi connectivity index (χ1v) is 11.8. The number of aliphatic hydroxyl groups excluding tert-OH is 1. The summed E-state index contributed by atoms with van der Waals surface area (Å²) in [6, 6.07) is 0. The lowest BCUT2D eigenvalue weighted by atomic mass is 9.54. The highest BCUT2D eigenvalue weighted by Gasteiger charge is 2.74. The summed E-state index contributed by atoms with van der Waals surface area (Å²) in [5.74, 6) is -4.39. The molecule has 0 aromatic rings. The molecule has 2 aliphatic heterocycles. The van der Waals surface area contributed by atoms with E-state index in [1.54, 1.807) is 13.8 Å². The number of carbonyl (C=O) groups excluding carboxylic acids is 3. The van der Waals surface area contributed by atoms with Crippen LogP contribution in [0.15, 0.2) is 24.3 Å². The first-order valence-electron chi connectivity index (χ1n) is 11.4. The molecule has 2 saturated heterocycles. The Bertz CT molecular complexity index is 949. The van der Waals surface area contributed by atoms with Crippen LogP contribution in [0.5, 0.6) is 0 Å². The number of fused-ring (bicyclic) bond motifs is 4. The van der Waals surface area contributed by atoms with Gasteiger partial charge in [0.15, 0.2) is 11.7 Å². The topological polar surface area (TPSA) is 132 Å². The van der Waals surface area contributed by atoms with Gasteiger partial charge in [-0.3, -0.25) is 14.4 Å². The number of halogens is 1. The molecule has 0 bridgehead atoms. The van der Waals surface area contributed by atoms with Gasteiger partial charge in [0, 0.05) is 31.1 Å². The second-order valence-corrected chi connectivity index (χ2v) is 10.6. The average molecular weight is 499 g/mol. The number of carbonyl (C=O) groups is 3. The van der Waals surface area contributed by atoms with Crippen LogP contribution in [-0.2, 0) is 33.3 Å². The number of hydrogen-bond donors (Lipinski definition) is 2. The van der Waals surface area contributed by atoms with E-state index in [0.29, 0.717) is 5.57 Å². The van der Waals surface area contributed by atoms with Crippen molar-refractivity contribution in [2.45, 2.75) is 82.2 Å². The summed E-state index contributed by atoms with van der Waals surface area (Å²) < 4.78 is 22.8. The highest BCUT2D eigenvalue weighted by atomic mass is 35.5. The monoisotopic (exact) mass is 498 g/mol. The molecule has 2 N–H and O–H groups in total. The van der Waals surface area contributed by atoms with E-state index in [0.717, 1.165) is 0 Å². The van der Waals surface area contributed by atoms with E-state index in [9.17, 15) is 24.6 Å². The Kier molecular flexibility index (Phi) is 6.16. The summed E-state index contributed by atoms with van der Waals surface area (Å²) in [6.07, 6.45) is -2.45. The minimum Gasteiger partial charge on any atom is -0.459 e. The van der Waals surface area contributed by atoms with E-state index in [4.69, 9.17) is 30.5 Å². The third-order valence-electron chi connectivity index (χ3n) is 8.14. The molecule has 0 radical (unpaired) electrons. The third-order valence-corrected chi connectivity index (χ3v) is 8.65. The lowest BCUT2D eigenvalue weighted by Crippen LogP contribution is -2.68. The molecule has 2 heterocycles. The first-order chi connectivity index (χ1) is 15.8. The Hall–Kier alpha value is -1.94. The lowest BCUT2D eigenvalue weighted by molar-refractivity contribution is -0.219. The van der Waals surface area contributed by atoms with E-state index in [2.05, 4.69) is 6.58 Å². The molecule has 1 saturated carbocycles. The van der Waals surface area contributed by atoms with Crippen LogP contribution in [0.4, 0.5) is 0 Å². The van der Waals surface area contributed by atoms with Gasteiger partial charge in [-0.1, -0.05) is 32.6 Å². The van der Waals surface area contributed by atoms with Gasteiger partial charge in [0.1, 0.15) is 18.3 Å².